The molecule has 0 atom stereocenters. The molecule has 1 N–H and O–H groups in total. The number of methoxy groups -OCH3 is 1. The van der Waals surface area contributed by atoms with E-state index < -0.39 is 0 Å². The van der Waals surface area contributed by atoms with Crippen molar-refractivity contribution in [2.45, 2.75) is 20.8 Å². The maximum absolute atomic E-state index is 12.8. The number of aromatic hydroxyl groups is 1. The van der Waals surface area contributed by atoms with Crippen molar-refractivity contribution in [1.29, 1.82) is 0 Å². The van der Waals surface area contributed by atoms with Gasteiger partial charge in [-0.05, 0) is 56.2 Å². The van der Waals surface area contributed by atoms with E-state index in [0.29, 0.717) is 46.0 Å². The number of hydrogen-bond acceptors (Lipinski definition) is 5. The van der Waals surface area contributed by atoms with Crippen LogP contribution in [0.2, 0.25) is 0 Å². The second kappa shape index (κ2) is 6.51. The zero-order valence-corrected chi connectivity index (χ0v) is 14.7. The van der Waals surface area contributed by atoms with Crippen molar-refractivity contribution >= 4 is 10.8 Å². The molecule has 130 valence electrons. The number of phenols is 1. The summed E-state index contributed by atoms with van der Waals surface area (Å²) < 4.78 is 16.6. The SMILES string of the molecule is CCOc1cc(-c2cc(OC)c3c(C)oc(C)c3c(=O)c2)ccc1O. The van der Waals surface area contributed by atoms with Crippen LogP contribution in [0.5, 0.6) is 17.2 Å². The van der Waals surface area contributed by atoms with E-state index in [1.165, 1.54) is 0 Å². The Balaban J connectivity index is 2.32. The number of phenolic OH excluding ortho intramolecular Hbond substituents is 1. The monoisotopic (exact) mass is 340 g/mol. The van der Waals surface area contributed by atoms with Crippen LogP contribution in [0.3, 0.4) is 0 Å². The van der Waals surface area contributed by atoms with E-state index in [0.717, 1.165) is 5.56 Å². The van der Waals surface area contributed by atoms with Crippen LogP contribution < -0.4 is 14.9 Å². The summed E-state index contributed by atoms with van der Waals surface area (Å²) in [5.41, 5.74) is 1.29. The average molecular weight is 340 g/mol. The Morgan fingerprint density at radius 2 is 1.68 bits per heavy atom. The molecule has 0 aliphatic carbocycles. The number of aryl methyl sites for hydroxylation is 2. The molecule has 3 rings (SSSR count). The van der Waals surface area contributed by atoms with Gasteiger partial charge in [0.05, 0.1) is 24.5 Å². The predicted molar refractivity (Wildman–Crippen MR) is 96.8 cm³/mol. The van der Waals surface area contributed by atoms with Gasteiger partial charge in [0.2, 0.25) is 0 Å². The molecule has 25 heavy (non-hydrogen) atoms. The van der Waals surface area contributed by atoms with E-state index in [-0.39, 0.29) is 11.2 Å². The third-order valence-electron chi connectivity index (χ3n) is 4.14. The number of rotatable bonds is 4. The van der Waals surface area contributed by atoms with Gasteiger partial charge in [-0.25, -0.2) is 0 Å². The third kappa shape index (κ3) is 2.93. The van der Waals surface area contributed by atoms with Crippen molar-refractivity contribution in [3.05, 3.63) is 52.1 Å². The van der Waals surface area contributed by atoms with Gasteiger partial charge in [-0.3, -0.25) is 4.79 Å². The number of ether oxygens (including phenoxy) is 2. The molecule has 1 aromatic heterocycles. The first kappa shape index (κ1) is 16.9. The predicted octanol–water partition coefficient (Wildman–Crippen LogP) is 4.19. The highest BCUT2D eigenvalue weighted by Gasteiger charge is 2.16. The molecule has 5 nitrogen and oxygen atoms in total. The van der Waals surface area contributed by atoms with Crippen LogP contribution in [0, 0.1) is 13.8 Å². The first-order valence-electron chi connectivity index (χ1n) is 8.04. The summed E-state index contributed by atoms with van der Waals surface area (Å²) in [5.74, 6) is 2.21. The maximum Gasteiger partial charge on any atom is 0.190 e. The van der Waals surface area contributed by atoms with E-state index >= 15 is 0 Å². The minimum absolute atomic E-state index is 0.0597. The van der Waals surface area contributed by atoms with Crippen molar-refractivity contribution < 1.29 is 19.0 Å². The van der Waals surface area contributed by atoms with Gasteiger partial charge in [0, 0.05) is 0 Å². The Bertz CT molecular complexity index is 1000. The normalized spacial score (nSPS) is 10.9. The lowest BCUT2D eigenvalue weighted by Crippen LogP contribution is -1.96. The minimum Gasteiger partial charge on any atom is -0.504 e. The summed E-state index contributed by atoms with van der Waals surface area (Å²) in [6.45, 7) is 5.85. The fourth-order valence-corrected chi connectivity index (χ4v) is 3.04. The Morgan fingerprint density at radius 1 is 1.00 bits per heavy atom. The van der Waals surface area contributed by atoms with Gasteiger partial charge in [-0.2, -0.15) is 0 Å². The highest BCUT2D eigenvalue weighted by molar-refractivity contribution is 5.93. The molecule has 0 bridgehead atoms. The fourth-order valence-electron chi connectivity index (χ4n) is 3.04. The minimum atomic E-state index is -0.145. The number of benzene rings is 1. The zero-order valence-electron chi connectivity index (χ0n) is 14.7. The molecule has 1 heterocycles. The van der Waals surface area contributed by atoms with Crippen molar-refractivity contribution in [3.8, 4) is 28.4 Å². The highest BCUT2D eigenvalue weighted by Crippen LogP contribution is 2.35. The molecule has 2 aromatic carbocycles. The molecule has 5 heteroatoms. The van der Waals surface area contributed by atoms with Crippen molar-refractivity contribution in [3.63, 3.8) is 0 Å². The Morgan fingerprint density at radius 3 is 2.36 bits per heavy atom. The van der Waals surface area contributed by atoms with Gasteiger partial charge >= 0.3 is 0 Å². The number of furan rings is 1. The summed E-state index contributed by atoms with van der Waals surface area (Å²) >= 11 is 0. The van der Waals surface area contributed by atoms with E-state index in [4.69, 9.17) is 13.9 Å². The van der Waals surface area contributed by atoms with Gasteiger partial charge in [-0.15, -0.1) is 0 Å². The van der Waals surface area contributed by atoms with Crippen LogP contribution in [0.25, 0.3) is 21.9 Å². The summed E-state index contributed by atoms with van der Waals surface area (Å²) in [6, 6.07) is 8.35. The summed E-state index contributed by atoms with van der Waals surface area (Å²) in [4.78, 5) is 12.8. The molecular weight excluding hydrogens is 320 g/mol. The molecule has 0 saturated carbocycles. The van der Waals surface area contributed by atoms with Gasteiger partial charge in [0.1, 0.15) is 17.3 Å². The van der Waals surface area contributed by atoms with Gasteiger partial charge in [0.15, 0.2) is 16.9 Å². The molecule has 0 fully saturated rings. The Hall–Kier alpha value is -2.95. The number of fused-ring (bicyclic) bond motifs is 1. The fraction of sp³-hybridized carbons (Fsp3) is 0.250. The van der Waals surface area contributed by atoms with Gasteiger partial charge in [-0.1, -0.05) is 6.07 Å². The third-order valence-corrected chi connectivity index (χ3v) is 4.14. The highest BCUT2D eigenvalue weighted by atomic mass is 16.5. The first-order valence-corrected chi connectivity index (χ1v) is 8.04. The standard InChI is InChI=1S/C20H20O5/c1-5-24-17-9-13(6-7-15(17)21)14-8-16(22)19-11(2)25-12(3)20(19)18(10-14)23-4/h6-10,21H,5H2,1-4H3. The van der Waals surface area contributed by atoms with Gasteiger partial charge < -0.3 is 19.0 Å². The van der Waals surface area contributed by atoms with E-state index in [1.807, 2.05) is 13.8 Å². The van der Waals surface area contributed by atoms with Crippen LogP contribution in [-0.2, 0) is 0 Å². The molecule has 0 spiro atoms. The second-order valence-corrected chi connectivity index (χ2v) is 5.76. The molecule has 0 aliphatic rings. The van der Waals surface area contributed by atoms with E-state index in [1.54, 1.807) is 44.4 Å². The quantitative estimate of drug-likeness (QED) is 0.771. The first-order chi connectivity index (χ1) is 12.0. The maximum atomic E-state index is 12.8. The van der Waals surface area contributed by atoms with Crippen molar-refractivity contribution in [2.75, 3.05) is 13.7 Å². The topological polar surface area (TPSA) is 68.9 Å². The lowest BCUT2D eigenvalue weighted by atomic mass is 10.1. The smallest absolute Gasteiger partial charge is 0.190 e. The van der Waals surface area contributed by atoms with Crippen LogP contribution >= 0.6 is 0 Å². The summed E-state index contributed by atoms with van der Waals surface area (Å²) in [5, 5.41) is 11.1. The van der Waals surface area contributed by atoms with E-state index in [9.17, 15) is 9.90 Å². The molecule has 0 aliphatic heterocycles. The van der Waals surface area contributed by atoms with Gasteiger partial charge in [0.25, 0.3) is 0 Å². The molecule has 0 amide bonds. The average Bonchev–Trinajstić information content (AvgIpc) is 2.78. The summed E-state index contributed by atoms with van der Waals surface area (Å²) in [7, 11) is 1.56. The lowest BCUT2D eigenvalue weighted by Gasteiger charge is -2.08. The molecule has 0 radical (unpaired) electrons. The van der Waals surface area contributed by atoms with Crippen LogP contribution in [-0.4, -0.2) is 18.8 Å². The Labute approximate surface area is 145 Å². The van der Waals surface area contributed by atoms with Crippen LogP contribution in [0.4, 0.5) is 0 Å². The van der Waals surface area contributed by atoms with Crippen LogP contribution in [0.15, 0.2) is 39.5 Å². The zero-order chi connectivity index (χ0) is 18.1. The Kier molecular flexibility index (Phi) is 4.40. The molecule has 0 saturated heterocycles. The molecular formula is C20H20O5. The van der Waals surface area contributed by atoms with Crippen molar-refractivity contribution in [1.82, 2.24) is 0 Å². The number of hydrogen-bond donors (Lipinski definition) is 1. The van der Waals surface area contributed by atoms with E-state index in [2.05, 4.69) is 0 Å². The largest absolute Gasteiger partial charge is 0.504 e. The second-order valence-electron chi connectivity index (χ2n) is 5.76. The molecule has 0 unspecified atom stereocenters. The van der Waals surface area contributed by atoms with Crippen LogP contribution in [0.1, 0.15) is 18.4 Å². The summed E-state index contributed by atoms with van der Waals surface area (Å²) in [6.07, 6.45) is 0. The molecule has 3 aromatic rings. The lowest BCUT2D eigenvalue weighted by molar-refractivity contribution is 0.318. The van der Waals surface area contributed by atoms with Crippen molar-refractivity contribution in [2.24, 2.45) is 0 Å².